The summed E-state index contributed by atoms with van der Waals surface area (Å²) in [7, 11) is 5.31. The van der Waals surface area contributed by atoms with Crippen molar-refractivity contribution < 1.29 is 0 Å². The number of rotatable bonds is 2. The zero-order valence-corrected chi connectivity index (χ0v) is 9.30. The molecule has 0 fully saturated rings. The molecule has 0 saturated heterocycles. The Morgan fingerprint density at radius 1 is 1.56 bits per heavy atom. The Morgan fingerprint density at radius 3 is 3.00 bits per heavy atom. The Hall–Kier alpha value is -2.18. The molecule has 0 amide bonds. The number of H-pyrrole nitrogens is 1. The molecule has 2 heterocycles. The first-order valence-corrected chi connectivity index (χ1v) is 4.70. The summed E-state index contributed by atoms with van der Waals surface area (Å²) in [6.07, 6.45) is 3.03. The number of aliphatic imine (C=N–C) groups is 1. The third kappa shape index (κ3) is 1.67. The molecule has 0 aliphatic rings. The van der Waals surface area contributed by atoms with E-state index in [1.807, 2.05) is 14.1 Å². The summed E-state index contributed by atoms with van der Waals surface area (Å²) in [5.41, 5.74) is 0.591. The molecule has 0 saturated carbocycles. The maximum absolute atomic E-state index is 11.8. The van der Waals surface area contributed by atoms with Gasteiger partial charge in [-0.05, 0) is 0 Å². The van der Waals surface area contributed by atoms with Gasteiger partial charge >= 0.3 is 0 Å². The van der Waals surface area contributed by atoms with Crippen molar-refractivity contribution in [1.82, 2.24) is 24.4 Å². The van der Waals surface area contributed by atoms with Gasteiger partial charge in [-0.1, -0.05) is 0 Å². The molecular formula is C9H12N6O. The number of hydrogen-bond acceptors (Lipinski definition) is 4. The summed E-state index contributed by atoms with van der Waals surface area (Å²) in [4.78, 5) is 28.5. The van der Waals surface area contributed by atoms with E-state index in [0.717, 1.165) is 0 Å². The lowest BCUT2D eigenvalue weighted by atomic mass is 10.5. The predicted octanol–water partition coefficient (Wildman–Crippen LogP) is -0.122. The molecule has 2 aromatic heterocycles. The van der Waals surface area contributed by atoms with Gasteiger partial charge in [0.05, 0.1) is 12.7 Å². The van der Waals surface area contributed by atoms with Gasteiger partial charge in [0, 0.05) is 21.1 Å². The molecule has 0 radical (unpaired) electrons. The van der Waals surface area contributed by atoms with Gasteiger partial charge in [0.1, 0.15) is 0 Å². The van der Waals surface area contributed by atoms with Crippen LogP contribution in [0, 0.1) is 0 Å². The number of aromatic amines is 1. The molecule has 0 spiro atoms. The summed E-state index contributed by atoms with van der Waals surface area (Å²) in [6.45, 7) is 0. The fourth-order valence-electron chi connectivity index (χ4n) is 1.24. The van der Waals surface area contributed by atoms with Crippen LogP contribution in [-0.2, 0) is 7.05 Å². The lowest BCUT2D eigenvalue weighted by molar-refractivity contribution is 0.641. The van der Waals surface area contributed by atoms with Crippen LogP contribution >= 0.6 is 0 Å². The van der Waals surface area contributed by atoms with E-state index >= 15 is 0 Å². The van der Waals surface area contributed by atoms with Crippen LogP contribution in [0.25, 0.3) is 11.2 Å². The van der Waals surface area contributed by atoms with E-state index in [-0.39, 0.29) is 5.56 Å². The van der Waals surface area contributed by atoms with Gasteiger partial charge in [-0.3, -0.25) is 9.36 Å². The molecule has 0 atom stereocenters. The molecule has 7 heteroatoms. The number of hydrogen-bond donors (Lipinski definition) is 1. The molecule has 7 nitrogen and oxygen atoms in total. The lowest BCUT2D eigenvalue weighted by Crippen LogP contribution is -2.18. The van der Waals surface area contributed by atoms with E-state index < -0.39 is 0 Å². The minimum absolute atomic E-state index is 0.187. The Labute approximate surface area is 91.5 Å². The minimum Gasteiger partial charge on any atom is -0.369 e. The summed E-state index contributed by atoms with van der Waals surface area (Å²) >= 11 is 0. The molecule has 0 unspecified atom stereocenters. The zero-order chi connectivity index (χ0) is 11.7. The van der Waals surface area contributed by atoms with Gasteiger partial charge in [0.25, 0.3) is 5.56 Å². The summed E-state index contributed by atoms with van der Waals surface area (Å²) in [5, 5.41) is 0. The molecular weight excluding hydrogens is 208 g/mol. The van der Waals surface area contributed by atoms with Gasteiger partial charge < -0.3 is 9.88 Å². The van der Waals surface area contributed by atoms with E-state index in [1.54, 1.807) is 18.3 Å². The highest BCUT2D eigenvalue weighted by molar-refractivity contribution is 5.70. The average Bonchev–Trinajstić information content (AvgIpc) is 2.69. The van der Waals surface area contributed by atoms with Crippen LogP contribution in [0.1, 0.15) is 0 Å². The Bertz CT molecular complexity index is 594. The Kier molecular flexibility index (Phi) is 2.43. The van der Waals surface area contributed by atoms with E-state index in [4.69, 9.17) is 0 Å². The van der Waals surface area contributed by atoms with Crippen molar-refractivity contribution in [1.29, 1.82) is 0 Å². The monoisotopic (exact) mass is 220 g/mol. The van der Waals surface area contributed by atoms with Crippen molar-refractivity contribution in [3.63, 3.8) is 0 Å². The highest BCUT2D eigenvalue weighted by Gasteiger charge is 2.08. The summed E-state index contributed by atoms with van der Waals surface area (Å²) < 4.78 is 1.38. The van der Waals surface area contributed by atoms with Crippen LogP contribution in [0.3, 0.4) is 0 Å². The fourth-order valence-corrected chi connectivity index (χ4v) is 1.24. The highest BCUT2D eigenvalue weighted by Crippen LogP contribution is 2.08. The van der Waals surface area contributed by atoms with Gasteiger partial charge in [-0.2, -0.15) is 4.98 Å². The standard InChI is InChI=1S/C9H12N6O/c1-14(2)5-12-9-13-7-6(10-4-11-7)8(16)15(9)3/h4-5H,1-3H3,(H,10,11)/b12-5+. The highest BCUT2D eigenvalue weighted by atomic mass is 16.1. The molecule has 0 aliphatic heterocycles. The molecule has 84 valence electrons. The first-order chi connectivity index (χ1) is 7.59. The maximum Gasteiger partial charge on any atom is 0.280 e. The van der Waals surface area contributed by atoms with Gasteiger partial charge in [0.2, 0.25) is 5.95 Å². The molecule has 0 bridgehead atoms. The Morgan fingerprint density at radius 2 is 2.31 bits per heavy atom. The van der Waals surface area contributed by atoms with Crippen LogP contribution in [0.15, 0.2) is 16.1 Å². The van der Waals surface area contributed by atoms with E-state index in [9.17, 15) is 4.79 Å². The molecule has 2 rings (SSSR count). The van der Waals surface area contributed by atoms with E-state index in [2.05, 4.69) is 19.9 Å². The maximum atomic E-state index is 11.8. The van der Waals surface area contributed by atoms with Crippen molar-refractivity contribution in [2.75, 3.05) is 14.1 Å². The quantitative estimate of drug-likeness (QED) is 0.565. The smallest absolute Gasteiger partial charge is 0.280 e. The minimum atomic E-state index is -0.187. The summed E-state index contributed by atoms with van der Waals surface area (Å²) in [5.74, 6) is 0.332. The fraction of sp³-hybridized carbons (Fsp3) is 0.333. The van der Waals surface area contributed by atoms with Gasteiger partial charge in [-0.15, -0.1) is 0 Å². The summed E-state index contributed by atoms with van der Waals surface area (Å²) in [6, 6.07) is 0. The van der Waals surface area contributed by atoms with Crippen LogP contribution in [0.4, 0.5) is 5.95 Å². The number of aromatic nitrogens is 4. The number of nitrogens with one attached hydrogen (secondary N) is 1. The second kappa shape index (κ2) is 3.76. The van der Waals surface area contributed by atoms with E-state index in [1.165, 1.54) is 10.9 Å². The Balaban J connectivity index is 2.62. The molecule has 16 heavy (non-hydrogen) atoms. The second-order valence-electron chi connectivity index (χ2n) is 3.59. The van der Waals surface area contributed by atoms with Crippen LogP contribution < -0.4 is 5.56 Å². The third-order valence-corrected chi connectivity index (χ3v) is 2.05. The van der Waals surface area contributed by atoms with E-state index in [0.29, 0.717) is 17.1 Å². The number of imidazole rings is 1. The van der Waals surface area contributed by atoms with Gasteiger partial charge in [-0.25, -0.2) is 9.98 Å². The molecule has 0 aliphatic carbocycles. The van der Waals surface area contributed by atoms with Crippen molar-refractivity contribution in [2.45, 2.75) is 0 Å². The number of nitrogens with zero attached hydrogens (tertiary/aromatic N) is 5. The predicted molar refractivity (Wildman–Crippen MR) is 61.0 cm³/mol. The molecule has 1 N–H and O–H groups in total. The van der Waals surface area contributed by atoms with Gasteiger partial charge in [0.15, 0.2) is 11.2 Å². The first kappa shape index (κ1) is 10.3. The van der Waals surface area contributed by atoms with Crippen LogP contribution in [-0.4, -0.2) is 44.9 Å². The largest absolute Gasteiger partial charge is 0.369 e. The topological polar surface area (TPSA) is 79.2 Å². The molecule has 2 aromatic rings. The van der Waals surface area contributed by atoms with Crippen molar-refractivity contribution >= 4 is 23.5 Å². The third-order valence-electron chi connectivity index (χ3n) is 2.05. The first-order valence-electron chi connectivity index (χ1n) is 4.70. The SMILES string of the molecule is CN(C)/C=N/c1nc2nc[nH]c2c(=O)n1C. The second-order valence-corrected chi connectivity index (χ2v) is 3.59. The van der Waals surface area contributed by atoms with Crippen LogP contribution in [0.5, 0.6) is 0 Å². The zero-order valence-electron chi connectivity index (χ0n) is 9.30. The van der Waals surface area contributed by atoms with Crippen molar-refractivity contribution in [3.8, 4) is 0 Å². The molecule has 0 aromatic carbocycles. The van der Waals surface area contributed by atoms with Crippen molar-refractivity contribution in [3.05, 3.63) is 16.7 Å². The van der Waals surface area contributed by atoms with Crippen molar-refractivity contribution in [2.24, 2.45) is 12.0 Å². The number of fused-ring (bicyclic) bond motifs is 1. The normalized spacial score (nSPS) is 11.4. The lowest BCUT2D eigenvalue weighted by Gasteiger charge is -2.04. The van der Waals surface area contributed by atoms with Crippen LogP contribution in [0.2, 0.25) is 0 Å². The average molecular weight is 220 g/mol.